The molecule has 0 aliphatic carbocycles. The van der Waals surface area contributed by atoms with Gasteiger partial charge in [-0.3, -0.25) is 0 Å². The summed E-state index contributed by atoms with van der Waals surface area (Å²) in [6.45, 7) is 1.67. The van der Waals surface area contributed by atoms with Gasteiger partial charge in [0, 0.05) is 12.1 Å². The Labute approximate surface area is 146 Å². The second-order valence-electron chi connectivity index (χ2n) is 5.76. The molecule has 5 nitrogen and oxygen atoms in total. The Morgan fingerprint density at radius 1 is 1.15 bits per heavy atom. The average Bonchev–Trinajstić information content (AvgIpc) is 2.98. The molecule has 26 heavy (non-hydrogen) atoms. The van der Waals surface area contributed by atoms with E-state index in [0.717, 1.165) is 0 Å². The van der Waals surface area contributed by atoms with Gasteiger partial charge in [-0.25, -0.2) is 9.78 Å². The molecule has 0 bridgehead atoms. The summed E-state index contributed by atoms with van der Waals surface area (Å²) >= 11 is 0. The van der Waals surface area contributed by atoms with Gasteiger partial charge < -0.3 is 14.8 Å². The van der Waals surface area contributed by atoms with E-state index >= 15 is 0 Å². The summed E-state index contributed by atoms with van der Waals surface area (Å²) in [6, 6.07) is 10.5. The highest BCUT2D eigenvalue weighted by Gasteiger charge is 2.59. The van der Waals surface area contributed by atoms with E-state index in [2.05, 4.69) is 4.98 Å². The third-order valence-corrected chi connectivity index (χ3v) is 4.24. The van der Waals surface area contributed by atoms with Crippen molar-refractivity contribution in [3.8, 4) is 0 Å². The smallest absolute Gasteiger partial charge is 0.428 e. The molecule has 0 spiro atoms. The van der Waals surface area contributed by atoms with Gasteiger partial charge in [0.2, 0.25) is 5.60 Å². The van der Waals surface area contributed by atoms with Gasteiger partial charge in [0.1, 0.15) is 0 Å². The van der Waals surface area contributed by atoms with Crippen LogP contribution in [0.15, 0.2) is 48.5 Å². The van der Waals surface area contributed by atoms with Crippen molar-refractivity contribution in [1.29, 1.82) is 0 Å². The number of carboxylic acid groups (broad SMARTS) is 1. The number of alkyl halides is 3. The van der Waals surface area contributed by atoms with E-state index in [-0.39, 0.29) is 28.7 Å². The number of aromatic carboxylic acids is 1. The first kappa shape index (κ1) is 17.9. The van der Waals surface area contributed by atoms with Crippen molar-refractivity contribution in [1.82, 2.24) is 9.55 Å². The Bertz CT molecular complexity index is 967. The van der Waals surface area contributed by atoms with Crippen LogP contribution in [0.25, 0.3) is 11.0 Å². The Hall–Kier alpha value is -2.87. The molecule has 1 atom stereocenters. The van der Waals surface area contributed by atoms with Crippen molar-refractivity contribution in [3.05, 3.63) is 65.5 Å². The molecule has 1 unspecified atom stereocenters. The lowest BCUT2D eigenvalue weighted by atomic mass is 9.92. The summed E-state index contributed by atoms with van der Waals surface area (Å²) in [5.41, 5.74) is -3.39. The number of nitrogens with zero attached hydrogens (tertiary/aromatic N) is 2. The van der Waals surface area contributed by atoms with Gasteiger partial charge in [0.15, 0.2) is 5.82 Å². The lowest BCUT2D eigenvalue weighted by molar-refractivity contribution is -0.252. The summed E-state index contributed by atoms with van der Waals surface area (Å²) in [4.78, 5) is 15.2. The second kappa shape index (κ2) is 6.14. The minimum absolute atomic E-state index is 0.0696. The maximum atomic E-state index is 13.9. The van der Waals surface area contributed by atoms with E-state index in [1.807, 2.05) is 0 Å². The van der Waals surface area contributed by atoms with Gasteiger partial charge in [-0.1, -0.05) is 30.3 Å². The minimum Gasteiger partial charge on any atom is -0.478 e. The van der Waals surface area contributed by atoms with Crippen LogP contribution in [0.3, 0.4) is 0 Å². The number of hydrogen-bond donors (Lipinski definition) is 2. The number of imidazole rings is 1. The number of benzene rings is 2. The van der Waals surface area contributed by atoms with Gasteiger partial charge in [0.05, 0.1) is 16.6 Å². The molecule has 0 aliphatic heterocycles. The van der Waals surface area contributed by atoms with Crippen LogP contribution in [0, 0.1) is 0 Å². The summed E-state index contributed by atoms with van der Waals surface area (Å²) in [5.74, 6) is -1.80. The SMILES string of the molecule is CCn1c(C(O)(c2ccccc2)C(F)(F)F)nc2ccc(C(=O)O)cc21. The lowest BCUT2D eigenvalue weighted by Crippen LogP contribution is -2.45. The lowest BCUT2D eigenvalue weighted by Gasteiger charge is -2.30. The van der Waals surface area contributed by atoms with E-state index < -0.39 is 23.6 Å². The fraction of sp³-hybridized carbons (Fsp3) is 0.222. The maximum Gasteiger partial charge on any atom is 0.428 e. The van der Waals surface area contributed by atoms with Crippen LogP contribution in [0.1, 0.15) is 28.7 Å². The zero-order chi connectivity index (χ0) is 19.1. The fourth-order valence-electron chi connectivity index (χ4n) is 2.95. The molecular weight excluding hydrogens is 349 g/mol. The summed E-state index contributed by atoms with van der Waals surface area (Å²) in [5, 5.41) is 19.9. The van der Waals surface area contributed by atoms with E-state index in [1.54, 1.807) is 13.0 Å². The highest BCUT2D eigenvalue weighted by Crippen LogP contribution is 2.44. The van der Waals surface area contributed by atoms with Gasteiger partial charge >= 0.3 is 12.1 Å². The summed E-state index contributed by atoms with van der Waals surface area (Å²) < 4.78 is 43.0. The van der Waals surface area contributed by atoms with Crippen LogP contribution >= 0.6 is 0 Å². The first-order valence-electron chi connectivity index (χ1n) is 7.78. The summed E-state index contributed by atoms with van der Waals surface area (Å²) in [7, 11) is 0. The van der Waals surface area contributed by atoms with Crippen LogP contribution in [0.5, 0.6) is 0 Å². The number of aryl methyl sites for hydroxylation is 1. The van der Waals surface area contributed by atoms with Crippen molar-refractivity contribution in [2.24, 2.45) is 0 Å². The maximum absolute atomic E-state index is 13.9. The quantitative estimate of drug-likeness (QED) is 0.742. The number of carboxylic acids is 1. The highest BCUT2D eigenvalue weighted by atomic mass is 19.4. The van der Waals surface area contributed by atoms with Gasteiger partial charge in [-0.05, 0) is 25.1 Å². The van der Waals surface area contributed by atoms with E-state index in [9.17, 15) is 23.1 Å². The van der Waals surface area contributed by atoms with Crippen molar-refractivity contribution in [3.63, 3.8) is 0 Å². The predicted molar refractivity (Wildman–Crippen MR) is 87.9 cm³/mol. The van der Waals surface area contributed by atoms with Crippen LogP contribution in [0.4, 0.5) is 13.2 Å². The zero-order valence-corrected chi connectivity index (χ0v) is 13.7. The number of hydrogen-bond acceptors (Lipinski definition) is 3. The standard InChI is InChI=1S/C18H15F3N2O3/c1-2-23-14-10-11(15(24)25)8-9-13(14)22-16(23)17(26,18(19,20)21)12-6-4-3-5-7-12/h3-10,26H,2H2,1H3,(H,24,25). The first-order chi connectivity index (χ1) is 12.2. The molecule has 136 valence electrons. The van der Waals surface area contributed by atoms with E-state index in [1.165, 1.54) is 47.0 Å². The molecule has 0 amide bonds. The van der Waals surface area contributed by atoms with E-state index in [0.29, 0.717) is 0 Å². The van der Waals surface area contributed by atoms with Gasteiger partial charge in [-0.15, -0.1) is 0 Å². The molecular formula is C18H15F3N2O3. The zero-order valence-electron chi connectivity index (χ0n) is 13.7. The number of aliphatic hydroxyl groups is 1. The van der Waals surface area contributed by atoms with Gasteiger partial charge in [0.25, 0.3) is 0 Å². The van der Waals surface area contributed by atoms with Crippen molar-refractivity contribution >= 4 is 17.0 Å². The largest absolute Gasteiger partial charge is 0.478 e. The van der Waals surface area contributed by atoms with Crippen molar-refractivity contribution in [2.75, 3.05) is 0 Å². The Kier molecular flexibility index (Phi) is 4.23. The summed E-state index contributed by atoms with van der Waals surface area (Å²) in [6.07, 6.45) is -5.03. The second-order valence-corrected chi connectivity index (χ2v) is 5.76. The molecule has 2 aromatic carbocycles. The molecule has 1 heterocycles. The monoisotopic (exact) mass is 364 g/mol. The van der Waals surface area contributed by atoms with Crippen LogP contribution < -0.4 is 0 Å². The molecule has 0 aliphatic rings. The van der Waals surface area contributed by atoms with Crippen LogP contribution in [-0.2, 0) is 12.1 Å². The molecule has 0 fully saturated rings. The number of aromatic nitrogens is 2. The fourth-order valence-corrected chi connectivity index (χ4v) is 2.95. The molecule has 0 saturated heterocycles. The minimum atomic E-state index is -5.03. The molecule has 0 radical (unpaired) electrons. The Balaban J connectivity index is 2.35. The Morgan fingerprint density at radius 2 is 1.81 bits per heavy atom. The third-order valence-electron chi connectivity index (χ3n) is 4.24. The number of halogens is 3. The van der Waals surface area contributed by atoms with Crippen LogP contribution in [-0.4, -0.2) is 31.9 Å². The molecule has 8 heteroatoms. The average molecular weight is 364 g/mol. The molecule has 2 N–H and O–H groups in total. The highest BCUT2D eigenvalue weighted by molar-refractivity contribution is 5.92. The van der Waals surface area contributed by atoms with Crippen LogP contribution in [0.2, 0.25) is 0 Å². The third kappa shape index (κ3) is 2.62. The Morgan fingerprint density at radius 3 is 2.35 bits per heavy atom. The van der Waals surface area contributed by atoms with E-state index in [4.69, 9.17) is 5.11 Å². The molecule has 0 saturated carbocycles. The predicted octanol–water partition coefficient (Wildman–Crippen LogP) is 3.55. The normalized spacial score (nSPS) is 14.3. The molecule has 1 aromatic heterocycles. The first-order valence-corrected chi connectivity index (χ1v) is 7.78. The number of fused-ring (bicyclic) bond motifs is 1. The number of carbonyl (C=O) groups is 1. The van der Waals surface area contributed by atoms with Crippen molar-refractivity contribution in [2.45, 2.75) is 25.2 Å². The molecule has 3 rings (SSSR count). The number of rotatable bonds is 4. The van der Waals surface area contributed by atoms with Gasteiger partial charge in [-0.2, -0.15) is 13.2 Å². The topological polar surface area (TPSA) is 75.3 Å². The molecule has 3 aromatic rings. The van der Waals surface area contributed by atoms with Crippen molar-refractivity contribution < 1.29 is 28.2 Å².